The number of nitrogens with one attached hydrogen (secondary N) is 1. The van der Waals surface area contributed by atoms with Gasteiger partial charge in [0, 0.05) is 11.1 Å². The molecule has 0 fully saturated rings. The molecule has 0 heterocycles. The molecule has 0 aliphatic carbocycles. The van der Waals surface area contributed by atoms with Gasteiger partial charge in [0.2, 0.25) is 0 Å². The maximum atomic E-state index is 12.0. The van der Waals surface area contributed by atoms with E-state index in [4.69, 9.17) is 30.5 Å². The smallest absolute Gasteiger partial charge is 0.344 e. The molecule has 144 valence electrons. The van der Waals surface area contributed by atoms with Crippen LogP contribution in [0.2, 0.25) is 5.02 Å². The summed E-state index contributed by atoms with van der Waals surface area (Å²) in [7, 11) is 3.00. The molecule has 2 aromatic carbocycles. The molecular weight excluding hydrogens is 374 g/mol. The van der Waals surface area contributed by atoms with Crippen molar-refractivity contribution in [3.8, 4) is 17.2 Å². The summed E-state index contributed by atoms with van der Waals surface area (Å²) < 4.78 is 20.6. The van der Waals surface area contributed by atoms with E-state index in [2.05, 4.69) is 5.32 Å². The Morgan fingerprint density at radius 2 is 1.78 bits per heavy atom. The SMILES string of the molecule is COc1ccc(NC(=O)COC(=O)COc2ccc(Cl)cc2C)c(OC)c1. The second kappa shape index (κ2) is 9.68. The molecule has 0 saturated carbocycles. The predicted octanol–water partition coefficient (Wildman–Crippen LogP) is 3.23. The largest absolute Gasteiger partial charge is 0.497 e. The molecule has 0 saturated heterocycles. The molecule has 7 nitrogen and oxygen atoms in total. The number of carbonyl (C=O) groups excluding carboxylic acids is 2. The van der Waals surface area contributed by atoms with E-state index in [9.17, 15) is 9.59 Å². The lowest BCUT2D eigenvalue weighted by molar-refractivity contribution is -0.149. The standard InChI is InChI=1S/C19H20ClNO6/c1-12-8-13(20)4-7-16(12)26-11-19(23)27-10-18(22)21-15-6-5-14(24-2)9-17(15)25-3/h4-9H,10-11H2,1-3H3,(H,21,22). The first-order chi connectivity index (χ1) is 12.9. The van der Waals surface area contributed by atoms with Crippen molar-refractivity contribution < 1.29 is 28.5 Å². The first-order valence-electron chi connectivity index (χ1n) is 7.99. The van der Waals surface area contributed by atoms with Crippen molar-refractivity contribution in [3.05, 3.63) is 47.0 Å². The lowest BCUT2D eigenvalue weighted by Crippen LogP contribution is -2.24. The normalized spacial score (nSPS) is 10.1. The molecule has 0 bridgehead atoms. The van der Waals surface area contributed by atoms with Crippen molar-refractivity contribution in [2.24, 2.45) is 0 Å². The maximum absolute atomic E-state index is 12.0. The molecule has 0 aromatic heterocycles. The Morgan fingerprint density at radius 1 is 1.00 bits per heavy atom. The summed E-state index contributed by atoms with van der Waals surface area (Å²) in [6, 6.07) is 9.97. The van der Waals surface area contributed by atoms with Crippen molar-refractivity contribution in [1.29, 1.82) is 0 Å². The molecule has 0 spiro atoms. The molecular formula is C19H20ClNO6. The Bertz CT molecular complexity index is 824. The number of amides is 1. The number of ether oxygens (including phenoxy) is 4. The van der Waals surface area contributed by atoms with Gasteiger partial charge in [0.05, 0.1) is 19.9 Å². The summed E-state index contributed by atoms with van der Waals surface area (Å²) >= 11 is 5.86. The van der Waals surface area contributed by atoms with Crippen LogP contribution < -0.4 is 19.5 Å². The number of benzene rings is 2. The number of anilines is 1. The van der Waals surface area contributed by atoms with E-state index in [0.717, 1.165) is 5.56 Å². The van der Waals surface area contributed by atoms with Crippen LogP contribution in [0.15, 0.2) is 36.4 Å². The van der Waals surface area contributed by atoms with Gasteiger partial charge >= 0.3 is 5.97 Å². The molecule has 27 heavy (non-hydrogen) atoms. The molecule has 0 unspecified atom stereocenters. The zero-order valence-electron chi connectivity index (χ0n) is 15.2. The van der Waals surface area contributed by atoms with Crippen molar-refractivity contribution in [1.82, 2.24) is 0 Å². The van der Waals surface area contributed by atoms with E-state index in [0.29, 0.717) is 28.0 Å². The van der Waals surface area contributed by atoms with Crippen LogP contribution in [0.4, 0.5) is 5.69 Å². The zero-order chi connectivity index (χ0) is 19.8. The molecule has 0 aliphatic rings. The molecule has 8 heteroatoms. The van der Waals surface area contributed by atoms with E-state index >= 15 is 0 Å². The van der Waals surface area contributed by atoms with Crippen LogP contribution in [0.3, 0.4) is 0 Å². The average molecular weight is 394 g/mol. The Morgan fingerprint density at radius 3 is 2.44 bits per heavy atom. The second-order valence-electron chi connectivity index (χ2n) is 5.47. The van der Waals surface area contributed by atoms with Gasteiger partial charge in [-0.05, 0) is 42.8 Å². The highest BCUT2D eigenvalue weighted by molar-refractivity contribution is 6.30. The fraction of sp³-hybridized carbons (Fsp3) is 0.263. The first-order valence-corrected chi connectivity index (χ1v) is 8.37. The van der Waals surface area contributed by atoms with Crippen LogP contribution in [0.1, 0.15) is 5.56 Å². The van der Waals surface area contributed by atoms with Gasteiger partial charge in [-0.15, -0.1) is 0 Å². The maximum Gasteiger partial charge on any atom is 0.344 e. The number of aryl methyl sites for hydroxylation is 1. The third-order valence-electron chi connectivity index (χ3n) is 3.53. The number of rotatable bonds is 8. The number of esters is 1. The van der Waals surface area contributed by atoms with Crippen molar-refractivity contribution in [3.63, 3.8) is 0 Å². The van der Waals surface area contributed by atoms with Gasteiger partial charge in [0.1, 0.15) is 17.2 Å². The molecule has 0 atom stereocenters. The lowest BCUT2D eigenvalue weighted by Gasteiger charge is -2.12. The van der Waals surface area contributed by atoms with Gasteiger partial charge in [-0.25, -0.2) is 4.79 Å². The number of methoxy groups -OCH3 is 2. The lowest BCUT2D eigenvalue weighted by atomic mass is 10.2. The van der Waals surface area contributed by atoms with Crippen LogP contribution in [0, 0.1) is 6.92 Å². The van der Waals surface area contributed by atoms with Gasteiger partial charge in [0.15, 0.2) is 13.2 Å². The number of hydrogen-bond acceptors (Lipinski definition) is 6. The molecule has 2 rings (SSSR count). The van der Waals surface area contributed by atoms with Crippen LogP contribution in [0.5, 0.6) is 17.2 Å². The van der Waals surface area contributed by atoms with E-state index in [1.165, 1.54) is 14.2 Å². The Kier molecular flexibility index (Phi) is 7.31. The summed E-state index contributed by atoms with van der Waals surface area (Å²) in [4.78, 5) is 23.7. The Balaban J connectivity index is 1.82. The first kappa shape index (κ1) is 20.4. The third-order valence-corrected chi connectivity index (χ3v) is 3.76. The van der Waals surface area contributed by atoms with Gasteiger partial charge in [-0.3, -0.25) is 4.79 Å². The highest BCUT2D eigenvalue weighted by atomic mass is 35.5. The minimum atomic E-state index is -0.666. The van der Waals surface area contributed by atoms with Gasteiger partial charge < -0.3 is 24.3 Å². The van der Waals surface area contributed by atoms with Crippen molar-refractivity contribution in [2.45, 2.75) is 6.92 Å². The Labute approximate surface area is 162 Å². The second-order valence-corrected chi connectivity index (χ2v) is 5.91. The molecule has 0 aliphatic heterocycles. The van der Waals surface area contributed by atoms with Crippen LogP contribution in [-0.4, -0.2) is 39.3 Å². The Hall–Kier alpha value is -2.93. The number of halogens is 1. The summed E-state index contributed by atoms with van der Waals surface area (Å²) in [5.74, 6) is 0.362. The van der Waals surface area contributed by atoms with Crippen LogP contribution >= 0.6 is 11.6 Å². The highest BCUT2D eigenvalue weighted by Crippen LogP contribution is 2.28. The molecule has 1 amide bonds. The van der Waals surface area contributed by atoms with Gasteiger partial charge in [-0.2, -0.15) is 0 Å². The zero-order valence-corrected chi connectivity index (χ0v) is 16.0. The monoisotopic (exact) mass is 393 g/mol. The van der Waals surface area contributed by atoms with E-state index < -0.39 is 18.5 Å². The molecule has 0 radical (unpaired) electrons. The van der Waals surface area contributed by atoms with Gasteiger partial charge in [0.25, 0.3) is 5.91 Å². The summed E-state index contributed by atoms with van der Waals surface area (Å²) in [5, 5.41) is 3.18. The molecule has 1 N–H and O–H groups in total. The van der Waals surface area contributed by atoms with E-state index in [1.807, 2.05) is 6.92 Å². The average Bonchev–Trinajstić information content (AvgIpc) is 2.66. The van der Waals surface area contributed by atoms with Gasteiger partial charge in [-0.1, -0.05) is 11.6 Å². The molecule has 2 aromatic rings. The summed E-state index contributed by atoms with van der Waals surface area (Å²) in [6.07, 6.45) is 0. The quantitative estimate of drug-likeness (QED) is 0.693. The predicted molar refractivity (Wildman–Crippen MR) is 101 cm³/mol. The summed E-state index contributed by atoms with van der Waals surface area (Å²) in [5.41, 5.74) is 1.23. The summed E-state index contributed by atoms with van der Waals surface area (Å²) in [6.45, 7) is 1.04. The minimum Gasteiger partial charge on any atom is -0.497 e. The number of carbonyl (C=O) groups is 2. The van der Waals surface area contributed by atoms with E-state index in [1.54, 1.807) is 36.4 Å². The van der Waals surface area contributed by atoms with Crippen molar-refractivity contribution in [2.75, 3.05) is 32.8 Å². The topological polar surface area (TPSA) is 83.1 Å². The third kappa shape index (κ3) is 6.07. The number of hydrogen-bond donors (Lipinski definition) is 1. The van der Waals surface area contributed by atoms with E-state index in [-0.39, 0.29) is 6.61 Å². The van der Waals surface area contributed by atoms with Crippen molar-refractivity contribution >= 4 is 29.2 Å². The fourth-order valence-electron chi connectivity index (χ4n) is 2.19. The van der Waals surface area contributed by atoms with Crippen LogP contribution in [-0.2, 0) is 14.3 Å². The fourth-order valence-corrected chi connectivity index (χ4v) is 2.41. The van der Waals surface area contributed by atoms with Crippen LogP contribution in [0.25, 0.3) is 0 Å². The highest BCUT2D eigenvalue weighted by Gasteiger charge is 2.12. The minimum absolute atomic E-state index is 0.318.